The van der Waals surface area contributed by atoms with Crippen LogP contribution in [0.4, 0.5) is 26.3 Å². The molecular formula is C15H18F6O5S. The van der Waals surface area contributed by atoms with Gasteiger partial charge in [-0.3, -0.25) is 4.18 Å². The van der Waals surface area contributed by atoms with Crippen LogP contribution in [0.3, 0.4) is 0 Å². The molecule has 0 amide bonds. The Balaban J connectivity index is 2.02. The van der Waals surface area contributed by atoms with E-state index in [0.29, 0.717) is 19.3 Å². The minimum Gasteiger partial charge on any atom is -0.488 e. The largest absolute Gasteiger partial charge is 0.573 e. The Bertz CT molecular complexity index is 660. The van der Waals surface area contributed by atoms with Gasteiger partial charge in [0.05, 0.1) is 10.5 Å². The van der Waals surface area contributed by atoms with Gasteiger partial charge < -0.3 is 14.0 Å². The molecule has 0 saturated heterocycles. The van der Waals surface area contributed by atoms with Gasteiger partial charge in [-0.2, -0.15) is 13.2 Å². The molecule has 2 rings (SSSR count). The predicted molar refractivity (Wildman–Crippen MR) is 84.0 cm³/mol. The standard InChI is InChI=1S/C15H18F6O5S/c16-14(17,18)9-27(22,23)26-13-4-2-1-3-12(13)24-10-5-7-11(8-6-10)25-15(19,20)21/h5-8,12-13,27H,1-4,9H2,(H,22,23)/t12-,13-/m0/s1. The number of ether oxygens (including phenoxy) is 2. The summed E-state index contributed by atoms with van der Waals surface area (Å²) in [6, 6.07) is 4.42. The second-order valence-electron chi connectivity index (χ2n) is 6.01. The molecule has 156 valence electrons. The van der Waals surface area contributed by atoms with Gasteiger partial charge in [-0.05, 0) is 43.5 Å². The van der Waals surface area contributed by atoms with Crippen LogP contribution < -0.4 is 9.47 Å². The molecule has 1 aliphatic carbocycles. The van der Waals surface area contributed by atoms with Crippen molar-refractivity contribution < 1.29 is 48.8 Å². The van der Waals surface area contributed by atoms with E-state index in [1.54, 1.807) is 0 Å². The first-order valence-electron chi connectivity index (χ1n) is 7.92. The summed E-state index contributed by atoms with van der Waals surface area (Å²) in [6.07, 6.45) is -9.72. The maximum Gasteiger partial charge on any atom is 0.573 e. The molecule has 0 spiro atoms. The van der Waals surface area contributed by atoms with Crippen molar-refractivity contribution in [2.75, 3.05) is 5.75 Å². The van der Waals surface area contributed by atoms with Crippen LogP contribution in [-0.4, -0.2) is 39.3 Å². The highest BCUT2D eigenvalue weighted by Crippen LogP contribution is 2.31. The van der Waals surface area contributed by atoms with E-state index in [4.69, 9.17) is 8.92 Å². The van der Waals surface area contributed by atoms with Gasteiger partial charge in [0.1, 0.15) is 29.5 Å². The number of benzene rings is 1. The molecule has 0 aliphatic heterocycles. The first-order chi connectivity index (χ1) is 12.3. The van der Waals surface area contributed by atoms with Crippen LogP contribution in [0.2, 0.25) is 0 Å². The third kappa shape index (κ3) is 7.93. The van der Waals surface area contributed by atoms with Gasteiger partial charge in [0, 0.05) is 0 Å². The molecule has 2 atom stereocenters. The lowest BCUT2D eigenvalue weighted by Crippen LogP contribution is -2.42. The molecule has 27 heavy (non-hydrogen) atoms. The van der Waals surface area contributed by atoms with Crippen LogP contribution in [0.1, 0.15) is 25.7 Å². The quantitative estimate of drug-likeness (QED) is 0.528. The van der Waals surface area contributed by atoms with Crippen LogP contribution in [0.25, 0.3) is 0 Å². The second kappa shape index (κ2) is 8.23. The lowest BCUT2D eigenvalue weighted by Gasteiger charge is -2.34. The van der Waals surface area contributed by atoms with Crippen molar-refractivity contribution >= 4 is 10.5 Å². The Labute approximate surface area is 152 Å². The number of hydrogen-bond donors (Lipinski definition) is 2. The highest BCUT2D eigenvalue weighted by atomic mass is 32.3. The fourth-order valence-electron chi connectivity index (χ4n) is 2.69. The van der Waals surface area contributed by atoms with E-state index in [1.165, 1.54) is 12.1 Å². The molecule has 1 aliphatic rings. The molecule has 0 radical (unpaired) electrons. The molecule has 1 aromatic rings. The highest BCUT2D eigenvalue weighted by molar-refractivity contribution is 7.93. The van der Waals surface area contributed by atoms with Gasteiger partial charge in [0.2, 0.25) is 0 Å². The number of rotatable bonds is 6. The van der Waals surface area contributed by atoms with Crippen molar-refractivity contribution in [3.63, 3.8) is 0 Å². The van der Waals surface area contributed by atoms with Crippen molar-refractivity contribution in [2.45, 2.75) is 50.4 Å². The number of halogens is 6. The Kier molecular flexibility index (Phi) is 6.63. The van der Waals surface area contributed by atoms with E-state index >= 15 is 0 Å². The fraction of sp³-hybridized carbons (Fsp3) is 0.600. The molecule has 0 bridgehead atoms. The lowest BCUT2D eigenvalue weighted by atomic mass is 9.95. The number of thiol groups is 1. The van der Waals surface area contributed by atoms with E-state index in [-0.39, 0.29) is 12.2 Å². The van der Waals surface area contributed by atoms with Gasteiger partial charge in [0.25, 0.3) is 0 Å². The normalized spacial score (nSPS) is 22.3. The van der Waals surface area contributed by atoms with E-state index in [2.05, 4.69) is 4.74 Å². The van der Waals surface area contributed by atoms with E-state index in [1.807, 2.05) is 0 Å². The van der Waals surface area contributed by atoms with Crippen molar-refractivity contribution in [3.8, 4) is 11.5 Å². The van der Waals surface area contributed by atoms with E-state index in [9.17, 15) is 35.1 Å². The highest BCUT2D eigenvalue weighted by Gasteiger charge is 2.38. The summed E-state index contributed by atoms with van der Waals surface area (Å²) in [7, 11) is -4.91. The summed E-state index contributed by atoms with van der Waals surface area (Å²) in [6.45, 7) is 0. The average Bonchev–Trinajstić information content (AvgIpc) is 2.47. The zero-order valence-electron chi connectivity index (χ0n) is 13.8. The lowest BCUT2D eigenvalue weighted by molar-refractivity contribution is -0.274. The zero-order chi connectivity index (χ0) is 20.3. The smallest absolute Gasteiger partial charge is 0.488 e. The zero-order valence-corrected chi connectivity index (χ0v) is 14.7. The first-order valence-corrected chi connectivity index (χ1v) is 9.69. The summed E-state index contributed by atoms with van der Waals surface area (Å²) in [4.78, 5) is 0. The Morgan fingerprint density at radius 3 is 2.00 bits per heavy atom. The minimum atomic E-state index is -4.91. The van der Waals surface area contributed by atoms with Crippen molar-refractivity contribution in [2.24, 2.45) is 0 Å². The maximum absolute atomic E-state index is 12.4. The van der Waals surface area contributed by atoms with Gasteiger partial charge >= 0.3 is 12.5 Å². The molecular weight excluding hydrogens is 406 g/mol. The van der Waals surface area contributed by atoms with Crippen LogP contribution in [0.5, 0.6) is 11.5 Å². The van der Waals surface area contributed by atoms with Gasteiger partial charge in [-0.1, -0.05) is 6.42 Å². The summed E-state index contributed by atoms with van der Waals surface area (Å²) >= 11 is 0. The minimum absolute atomic E-state index is 0.133. The van der Waals surface area contributed by atoms with Gasteiger partial charge in [0.15, 0.2) is 0 Å². The van der Waals surface area contributed by atoms with Crippen LogP contribution in [-0.2, 0) is 14.7 Å². The van der Waals surface area contributed by atoms with Crippen molar-refractivity contribution in [1.29, 1.82) is 0 Å². The van der Waals surface area contributed by atoms with E-state index in [0.717, 1.165) is 12.1 Å². The molecule has 1 N–H and O–H groups in total. The number of hydrogen-bond acceptors (Lipinski definition) is 4. The summed E-state index contributed by atoms with van der Waals surface area (Å²) in [5.41, 5.74) is 0. The predicted octanol–water partition coefficient (Wildman–Crippen LogP) is 4.26. The molecule has 1 saturated carbocycles. The topological polar surface area (TPSA) is 65.0 Å². The van der Waals surface area contributed by atoms with Crippen molar-refractivity contribution in [1.82, 2.24) is 0 Å². The van der Waals surface area contributed by atoms with Gasteiger partial charge in [-0.15, -0.1) is 13.2 Å². The molecule has 12 heteroatoms. The molecule has 1 fully saturated rings. The summed E-state index contributed by atoms with van der Waals surface area (Å²) in [5, 5.41) is 0. The second-order valence-corrected chi connectivity index (χ2v) is 7.82. The SMILES string of the molecule is O=[SH](O)(CC(F)(F)F)O[C@H]1CCCC[C@@H]1Oc1ccc(OC(F)(F)F)cc1. The molecule has 5 nitrogen and oxygen atoms in total. The average molecular weight is 424 g/mol. The Hall–Kier alpha value is -1.53. The van der Waals surface area contributed by atoms with Crippen LogP contribution >= 0.6 is 0 Å². The number of alkyl halides is 6. The van der Waals surface area contributed by atoms with Crippen LogP contribution in [0.15, 0.2) is 24.3 Å². The summed E-state index contributed by atoms with van der Waals surface area (Å²) in [5.74, 6) is -2.29. The fourth-order valence-corrected chi connectivity index (χ4v) is 3.88. The van der Waals surface area contributed by atoms with Crippen LogP contribution in [0, 0.1) is 0 Å². The summed E-state index contributed by atoms with van der Waals surface area (Å²) < 4.78 is 109. The van der Waals surface area contributed by atoms with Crippen molar-refractivity contribution in [3.05, 3.63) is 24.3 Å². The van der Waals surface area contributed by atoms with E-state index < -0.39 is 46.7 Å². The Morgan fingerprint density at radius 2 is 1.48 bits per heavy atom. The monoisotopic (exact) mass is 424 g/mol. The van der Waals surface area contributed by atoms with Gasteiger partial charge in [-0.25, -0.2) is 4.21 Å². The maximum atomic E-state index is 12.4. The third-order valence-electron chi connectivity index (χ3n) is 3.67. The Morgan fingerprint density at radius 1 is 0.963 bits per heavy atom. The molecule has 0 aromatic heterocycles. The first kappa shape index (κ1) is 21.8. The third-order valence-corrected chi connectivity index (χ3v) is 5.02. The molecule has 0 heterocycles. The molecule has 0 unspecified atom stereocenters. The molecule has 1 aromatic carbocycles.